The van der Waals surface area contributed by atoms with E-state index in [9.17, 15) is 9.90 Å². The van der Waals surface area contributed by atoms with Crippen LogP contribution in [-0.2, 0) is 9.53 Å². The monoisotopic (exact) mass is 258 g/mol. The summed E-state index contributed by atoms with van der Waals surface area (Å²) < 4.78 is 4.64. The van der Waals surface area contributed by atoms with Crippen molar-refractivity contribution in [1.82, 2.24) is 0 Å². The summed E-state index contributed by atoms with van der Waals surface area (Å²) in [5.41, 5.74) is 0.856. The smallest absolute Gasteiger partial charge is 0.305 e. The molecule has 0 aromatic heterocycles. The van der Waals surface area contributed by atoms with Crippen molar-refractivity contribution in [1.29, 1.82) is 0 Å². The third kappa shape index (κ3) is 2.93. The van der Waals surface area contributed by atoms with Crippen LogP contribution in [0.15, 0.2) is 42.5 Å². The Labute approximate surface area is 112 Å². The lowest BCUT2D eigenvalue weighted by Gasteiger charge is -2.19. The lowest BCUT2D eigenvalue weighted by molar-refractivity contribution is -0.142. The topological polar surface area (TPSA) is 46.5 Å². The minimum Gasteiger partial charge on any atom is -0.469 e. The molecule has 0 heterocycles. The summed E-state index contributed by atoms with van der Waals surface area (Å²) in [6.07, 6.45) is -0.467. The molecule has 19 heavy (non-hydrogen) atoms. The van der Waals surface area contributed by atoms with Crippen molar-refractivity contribution in [2.75, 3.05) is 7.11 Å². The minimum atomic E-state index is -0.676. The molecule has 2 atom stereocenters. The van der Waals surface area contributed by atoms with Crippen LogP contribution in [0.25, 0.3) is 10.8 Å². The fraction of sp³-hybridized carbons (Fsp3) is 0.312. The largest absolute Gasteiger partial charge is 0.469 e. The van der Waals surface area contributed by atoms with Crippen molar-refractivity contribution in [3.8, 4) is 0 Å². The highest BCUT2D eigenvalue weighted by Crippen LogP contribution is 2.30. The standard InChI is InChI=1S/C16H18O3/c1-11(10-15(17)19-2)16(18)14-9-5-7-12-6-3-4-8-13(12)14/h3-9,11,16,18H,10H2,1-2H3. The number of benzene rings is 2. The fourth-order valence-electron chi connectivity index (χ4n) is 2.27. The highest BCUT2D eigenvalue weighted by Gasteiger charge is 2.21. The number of carbonyl (C=O) groups is 1. The Hall–Kier alpha value is -1.87. The molecule has 0 aliphatic rings. The molecule has 100 valence electrons. The molecule has 0 fully saturated rings. The number of aliphatic hydroxyl groups is 1. The molecule has 0 radical (unpaired) electrons. The van der Waals surface area contributed by atoms with Gasteiger partial charge >= 0.3 is 5.97 Å². The molecular weight excluding hydrogens is 240 g/mol. The summed E-state index contributed by atoms with van der Waals surface area (Å²) in [7, 11) is 1.36. The lowest BCUT2D eigenvalue weighted by Crippen LogP contribution is -2.15. The summed E-state index contributed by atoms with van der Waals surface area (Å²) in [5, 5.41) is 12.5. The van der Waals surface area contributed by atoms with E-state index in [0.29, 0.717) is 0 Å². The van der Waals surface area contributed by atoms with Crippen molar-refractivity contribution in [3.63, 3.8) is 0 Å². The SMILES string of the molecule is COC(=O)CC(C)C(O)c1cccc2ccccc12. The number of hydrogen-bond donors (Lipinski definition) is 1. The quantitative estimate of drug-likeness (QED) is 0.857. The summed E-state index contributed by atoms with van der Waals surface area (Å²) in [5.74, 6) is -0.481. The molecule has 1 N–H and O–H groups in total. The Morgan fingerprint density at radius 1 is 1.21 bits per heavy atom. The fourth-order valence-corrected chi connectivity index (χ4v) is 2.27. The second kappa shape index (κ2) is 5.85. The average molecular weight is 258 g/mol. The number of esters is 1. The van der Waals surface area contributed by atoms with Gasteiger partial charge in [0.2, 0.25) is 0 Å². The van der Waals surface area contributed by atoms with E-state index in [4.69, 9.17) is 0 Å². The molecule has 3 nitrogen and oxygen atoms in total. The molecule has 0 saturated heterocycles. The van der Waals surface area contributed by atoms with Gasteiger partial charge in [-0.1, -0.05) is 49.4 Å². The maximum atomic E-state index is 11.3. The van der Waals surface area contributed by atoms with Crippen LogP contribution >= 0.6 is 0 Å². The molecule has 2 unspecified atom stereocenters. The molecule has 2 rings (SSSR count). The highest BCUT2D eigenvalue weighted by molar-refractivity contribution is 5.86. The van der Waals surface area contributed by atoms with E-state index in [-0.39, 0.29) is 18.3 Å². The summed E-state index contributed by atoms with van der Waals surface area (Å²) >= 11 is 0. The van der Waals surface area contributed by atoms with Crippen LogP contribution in [0.2, 0.25) is 0 Å². The van der Waals surface area contributed by atoms with Crippen molar-refractivity contribution in [3.05, 3.63) is 48.0 Å². The Bertz CT molecular complexity index is 572. The van der Waals surface area contributed by atoms with Crippen LogP contribution < -0.4 is 0 Å². The highest BCUT2D eigenvalue weighted by atomic mass is 16.5. The van der Waals surface area contributed by atoms with E-state index in [1.807, 2.05) is 49.4 Å². The van der Waals surface area contributed by atoms with E-state index in [1.165, 1.54) is 7.11 Å². The molecule has 0 bridgehead atoms. The Kier molecular flexibility index (Phi) is 4.17. The van der Waals surface area contributed by atoms with Gasteiger partial charge in [-0.2, -0.15) is 0 Å². The van der Waals surface area contributed by atoms with Crippen molar-refractivity contribution in [2.45, 2.75) is 19.4 Å². The number of ether oxygens (including phenoxy) is 1. The van der Waals surface area contributed by atoms with Crippen molar-refractivity contribution in [2.24, 2.45) is 5.92 Å². The second-order valence-corrected chi connectivity index (χ2v) is 4.77. The summed E-state index contributed by atoms with van der Waals surface area (Å²) in [4.78, 5) is 11.3. The molecular formula is C16H18O3. The Balaban J connectivity index is 2.30. The van der Waals surface area contributed by atoms with Crippen LogP contribution in [0.4, 0.5) is 0 Å². The van der Waals surface area contributed by atoms with Crippen molar-refractivity contribution < 1.29 is 14.6 Å². The Morgan fingerprint density at radius 3 is 2.63 bits per heavy atom. The maximum Gasteiger partial charge on any atom is 0.305 e. The zero-order valence-electron chi connectivity index (χ0n) is 11.2. The molecule has 0 spiro atoms. The van der Waals surface area contributed by atoms with Gasteiger partial charge in [0.25, 0.3) is 0 Å². The van der Waals surface area contributed by atoms with E-state index in [0.717, 1.165) is 16.3 Å². The van der Waals surface area contributed by atoms with Crippen molar-refractivity contribution >= 4 is 16.7 Å². The van der Waals surface area contributed by atoms with E-state index >= 15 is 0 Å². The molecule has 0 aliphatic heterocycles. The number of hydrogen-bond acceptors (Lipinski definition) is 3. The zero-order valence-corrected chi connectivity index (χ0v) is 11.2. The first-order valence-corrected chi connectivity index (χ1v) is 6.36. The van der Waals surface area contributed by atoms with Gasteiger partial charge in [0, 0.05) is 0 Å². The predicted octanol–water partition coefficient (Wildman–Crippen LogP) is 3.07. The number of fused-ring (bicyclic) bond motifs is 1. The molecule has 3 heteroatoms. The van der Waals surface area contributed by atoms with Gasteiger partial charge in [-0.25, -0.2) is 0 Å². The number of rotatable bonds is 4. The molecule has 0 aliphatic carbocycles. The summed E-state index contributed by atoms with van der Waals surface area (Å²) in [6.45, 7) is 1.85. The molecule has 2 aromatic carbocycles. The Morgan fingerprint density at radius 2 is 1.89 bits per heavy atom. The van der Waals surface area contributed by atoms with Gasteiger partial charge in [0.05, 0.1) is 19.6 Å². The molecule has 2 aromatic rings. The average Bonchev–Trinajstić information content (AvgIpc) is 2.45. The normalized spacial score (nSPS) is 14.1. The van der Waals surface area contributed by atoms with Gasteiger partial charge < -0.3 is 9.84 Å². The molecule has 0 amide bonds. The minimum absolute atomic E-state index is 0.182. The van der Waals surface area contributed by atoms with Gasteiger partial charge in [0.1, 0.15) is 0 Å². The van der Waals surface area contributed by atoms with E-state index < -0.39 is 6.10 Å². The van der Waals surface area contributed by atoms with E-state index in [1.54, 1.807) is 0 Å². The predicted molar refractivity (Wildman–Crippen MR) is 74.7 cm³/mol. The summed E-state index contributed by atoms with van der Waals surface area (Å²) in [6, 6.07) is 13.7. The van der Waals surface area contributed by atoms with E-state index in [2.05, 4.69) is 4.74 Å². The van der Waals surface area contributed by atoms with Gasteiger partial charge in [-0.05, 0) is 22.3 Å². The van der Waals surface area contributed by atoms with Gasteiger partial charge in [-0.15, -0.1) is 0 Å². The van der Waals surface area contributed by atoms with Gasteiger partial charge in [-0.3, -0.25) is 4.79 Å². The van der Waals surface area contributed by atoms with Gasteiger partial charge in [0.15, 0.2) is 0 Å². The van der Waals surface area contributed by atoms with Crippen LogP contribution in [0.1, 0.15) is 25.0 Å². The number of carbonyl (C=O) groups excluding carboxylic acids is 1. The maximum absolute atomic E-state index is 11.3. The first-order chi connectivity index (χ1) is 9.13. The van der Waals surface area contributed by atoms with Crippen LogP contribution in [-0.4, -0.2) is 18.2 Å². The number of aliphatic hydroxyl groups excluding tert-OH is 1. The third-order valence-corrected chi connectivity index (χ3v) is 3.40. The first-order valence-electron chi connectivity index (χ1n) is 6.36. The number of methoxy groups -OCH3 is 1. The second-order valence-electron chi connectivity index (χ2n) is 4.77. The third-order valence-electron chi connectivity index (χ3n) is 3.40. The van der Waals surface area contributed by atoms with Crippen LogP contribution in [0.3, 0.4) is 0 Å². The van der Waals surface area contributed by atoms with Crippen LogP contribution in [0.5, 0.6) is 0 Å². The first kappa shape index (κ1) is 13.6. The zero-order chi connectivity index (χ0) is 13.8. The molecule has 0 saturated carbocycles. The lowest BCUT2D eigenvalue weighted by atomic mass is 9.91. The van der Waals surface area contributed by atoms with Crippen LogP contribution in [0, 0.1) is 5.92 Å².